The number of carbonyl (C=O) groups excluding carboxylic acids is 2. The zero-order valence-electron chi connectivity index (χ0n) is 13.9. The smallest absolute Gasteiger partial charge is 0.414 e. The van der Waals surface area contributed by atoms with Crippen LogP contribution in [0.5, 0.6) is 0 Å². The predicted molar refractivity (Wildman–Crippen MR) is 94.3 cm³/mol. The Bertz CT molecular complexity index is 812. The zero-order valence-corrected chi connectivity index (χ0v) is 16.3. The van der Waals surface area contributed by atoms with Gasteiger partial charge in [0, 0.05) is 17.1 Å². The van der Waals surface area contributed by atoms with E-state index in [1.807, 2.05) is 13.0 Å². The molecule has 1 saturated heterocycles. The van der Waals surface area contributed by atoms with Gasteiger partial charge in [0.15, 0.2) is 14.6 Å². The molecule has 1 aromatic carbocycles. The van der Waals surface area contributed by atoms with E-state index < -0.39 is 32.7 Å². The van der Waals surface area contributed by atoms with E-state index in [-0.39, 0.29) is 13.0 Å². The number of nitrogens with zero attached hydrogens (tertiary/aromatic N) is 1. The SMILES string of the molecule is Cc1cc(Br)ccc1N1C[C@H](C[C@](C)(C(=O)NO)S(C)(=O)=O)OC1=O. The topological polar surface area (TPSA) is 113 Å². The third-order valence-corrected chi connectivity index (χ3v) is 6.82. The van der Waals surface area contributed by atoms with Crippen LogP contribution in [0.3, 0.4) is 0 Å². The molecular weight excluding hydrogens is 416 g/mol. The fraction of sp³-hybridized carbons (Fsp3) is 0.467. The van der Waals surface area contributed by atoms with Gasteiger partial charge >= 0.3 is 6.09 Å². The van der Waals surface area contributed by atoms with E-state index in [4.69, 9.17) is 9.94 Å². The number of hydrogen-bond acceptors (Lipinski definition) is 6. The molecule has 138 valence electrons. The second-order valence-corrected chi connectivity index (χ2v) is 9.56. The van der Waals surface area contributed by atoms with Crippen molar-refractivity contribution in [3.63, 3.8) is 0 Å². The Kier molecular flexibility index (Phi) is 5.45. The summed E-state index contributed by atoms with van der Waals surface area (Å²) in [5, 5.41) is 8.87. The maximum atomic E-state index is 12.2. The third-order valence-electron chi connectivity index (χ3n) is 4.34. The normalized spacial score (nSPS) is 20.1. The van der Waals surface area contributed by atoms with Gasteiger partial charge in [0.2, 0.25) is 0 Å². The van der Waals surface area contributed by atoms with Gasteiger partial charge in [-0.2, -0.15) is 0 Å². The van der Waals surface area contributed by atoms with Gasteiger partial charge in [-0.05, 0) is 37.6 Å². The highest BCUT2D eigenvalue weighted by Crippen LogP contribution is 2.32. The Morgan fingerprint density at radius 2 is 2.16 bits per heavy atom. The Hall–Kier alpha value is -1.65. The number of sulfone groups is 1. The summed E-state index contributed by atoms with van der Waals surface area (Å²) in [6, 6.07) is 5.37. The van der Waals surface area contributed by atoms with Gasteiger partial charge in [-0.25, -0.2) is 18.7 Å². The fourth-order valence-corrected chi connectivity index (χ4v) is 4.06. The molecule has 2 amide bonds. The maximum absolute atomic E-state index is 12.2. The molecule has 2 N–H and O–H groups in total. The average Bonchev–Trinajstić information content (AvgIpc) is 2.85. The first-order chi connectivity index (χ1) is 11.5. The lowest BCUT2D eigenvalue weighted by Gasteiger charge is -2.27. The summed E-state index contributed by atoms with van der Waals surface area (Å²) < 4.78 is 28.3. The largest absolute Gasteiger partial charge is 0.444 e. The van der Waals surface area contributed by atoms with E-state index in [9.17, 15) is 18.0 Å². The van der Waals surface area contributed by atoms with Gasteiger partial charge in [0.1, 0.15) is 6.10 Å². The summed E-state index contributed by atoms with van der Waals surface area (Å²) in [5.74, 6) is -1.07. The Morgan fingerprint density at radius 3 is 2.68 bits per heavy atom. The van der Waals surface area contributed by atoms with Crippen LogP contribution < -0.4 is 10.4 Å². The van der Waals surface area contributed by atoms with E-state index >= 15 is 0 Å². The van der Waals surface area contributed by atoms with Crippen molar-refractivity contribution in [2.75, 3.05) is 17.7 Å². The highest BCUT2D eigenvalue weighted by molar-refractivity contribution is 9.10. The second kappa shape index (κ2) is 6.93. The molecule has 2 rings (SSSR count). The molecule has 1 aromatic rings. The first-order valence-electron chi connectivity index (χ1n) is 7.38. The number of nitrogens with one attached hydrogen (secondary N) is 1. The van der Waals surface area contributed by atoms with E-state index in [0.29, 0.717) is 5.69 Å². The van der Waals surface area contributed by atoms with Crippen LogP contribution in [0.1, 0.15) is 18.9 Å². The number of halogens is 1. The van der Waals surface area contributed by atoms with Gasteiger partial charge in [-0.3, -0.25) is 14.9 Å². The van der Waals surface area contributed by atoms with Crippen LogP contribution in [0.4, 0.5) is 10.5 Å². The molecule has 0 bridgehead atoms. The van der Waals surface area contributed by atoms with Crippen molar-refractivity contribution in [1.82, 2.24) is 5.48 Å². The van der Waals surface area contributed by atoms with Crippen LogP contribution in [0.25, 0.3) is 0 Å². The molecular formula is C15H19BrN2O6S. The van der Waals surface area contributed by atoms with Crippen LogP contribution in [-0.2, 0) is 19.4 Å². The van der Waals surface area contributed by atoms with Crippen molar-refractivity contribution in [2.24, 2.45) is 0 Å². The number of rotatable bonds is 5. The van der Waals surface area contributed by atoms with Gasteiger partial charge < -0.3 is 4.74 Å². The van der Waals surface area contributed by atoms with Gasteiger partial charge in [-0.15, -0.1) is 0 Å². The lowest BCUT2D eigenvalue weighted by molar-refractivity contribution is -0.132. The van der Waals surface area contributed by atoms with Crippen molar-refractivity contribution in [3.05, 3.63) is 28.2 Å². The minimum Gasteiger partial charge on any atom is -0.444 e. The highest BCUT2D eigenvalue weighted by Gasteiger charge is 2.48. The summed E-state index contributed by atoms with van der Waals surface area (Å²) in [6.07, 6.45) is -0.797. The molecule has 0 aromatic heterocycles. The van der Waals surface area contributed by atoms with E-state index in [0.717, 1.165) is 16.3 Å². The molecule has 25 heavy (non-hydrogen) atoms. The number of ether oxygens (including phenoxy) is 1. The summed E-state index contributed by atoms with van der Waals surface area (Å²) in [6.45, 7) is 3.13. The summed E-state index contributed by atoms with van der Waals surface area (Å²) in [7, 11) is -3.86. The summed E-state index contributed by atoms with van der Waals surface area (Å²) >= 11 is 3.35. The molecule has 2 atom stereocenters. The molecule has 0 radical (unpaired) electrons. The lowest BCUT2D eigenvalue weighted by atomic mass is 10.0. The van der Waals surface area contributed by atoms with Crippen LogP contribution >= 0.6 is 15.9 Å². The molecule has 0 aliphatic carbocycles. The number of hydrogen-bond donors (Lipinski definition) is 2. The van der Waals surface area contributed by atoms with Crippen molar-refractivity contribution in [3.8, 4) is 0 Å². The quantitative estimate of drug-likeness (QED) is 0.539. The van der Waals surface area contributed by atoms with E-state index in [1.165, 1.54) is 17.3 Å². The molecule has 1 fully saturated rings. The second-order valence-electron chi connectivity index (χ2n) is 6.20. The van der Waals surface area contributed by atoms with E-state index in [1.54, 1.807) is 12.1 Å². The number of cyclic esters (lactones) is 1. The first-order valence-corrected chi connectivity index (χ1v) is 10.1. The van der Waals surface area contributed by atoms with Crippen molar-refractivity contribution in [1.29, 1.82) is 0 Å². The highest BCUT2D eigenvalue weighted by atomic mass is 79.9. The number of hydroxylamine groups is 1. The number of anilines is 1. The van der Waals surface area contributed by atoms with Crippen LogP contribution in [0, 0.1) is 6.92 Å². The number of amides is 2. The maximum Gasteiger partial charge on any atom is 0.414 e. The fourth-order valence-electron chi connectivity index (χ4n) is 2.71. The van der Waals surface area contributed by atoms with Crippen LogP contribution in [0.2, 0.25) is 0 Å². The number of benzene rings is 1. The minimum absolute atomic E-state index is 0.102. The number of carbonyl (C=O) groups is 2. The monoisotopic (exact) mass is 434 g/mol. The van der Waals surface area contributed by atoms with Crippen molar-refractivity contribution >= 4 is 43.5 Å². The molecule has 0 saturated carbocycles. The van der Waals surface area contributed by atoms with E-state index in [2.05, 4.69) is 15.9 Å². The minimum atomic E-state index is -3.86. The Labute approximate surface area is 154 Å². The Morgan fingerprint density at radius 1 is 1.52 bits per heavy atom. The van der Waals surface area contributed by atoms with Crippen molar-refractivity contribution < 1.29 is 28.0 Å². The molecule has 1 heterocycles. The molecule has 0 unspecified atom stereocenters. The van der Waals surface area contributed by atoms with Gasteiger partial charge in [-0.1, -0.05) is 15.9 Å². The predicted octanol–water partition coefficient (Wildman–Crippen LogP) is 1.78. The zero-order chi connectivity index (χ0) is 19.0. The summed E-state index contributed by atoms with van der Waals surface area (Å²) in [4.78, 5) is 25.5. The molecule has 1 aliphatic rings. The van der Waals surface area contributed by atoms with Gasteiger partial charge in [0.05, 0.1) is 12.2 Å². The summed E-state index contributed by atoms with van der Waals surface area (Å²) in [5.41, 5.74) is 2.86. The van der Waals surface area contributed by atoms with Crippen molar-refractivity contribution in [2.45, 2.75) is 31.1 Å². The third kappa shape index (κ3) is 3.80. The van der Waals surface area contributed by atoms with Crippen LogP contribution in [0.15, 0.2) is 22.7 Å². The lowest BCUT2D eigenvalue weighted by Crippen LogP contribution is -2.51. The number of aryl methyl sites for hydroxylation is 1. The van der Waals surface area contributed by atoms with Gasteiger partial charge in [0.25, 0.3) is 5.91 Å². The molecule has 10 heteroatoms. The molecule has 8 nitrogen and oxygen atoms in total. The molecule has 0 spiro atoms. The van der Waals surface area contributed by atoms with Crippen LogP contribution in [-0.4, -0.2) is 49.3 Å². The Balaban J connectivity index is 2.26. The average molecular weight is 435 g/mol. The molecule has 1 aliphatic heterocycles. The first kappa shape index (κ1) is 19.7. The standard InChI is InChI=1S/C15H19BrN2O6S/c1-9-6-10(16)4-5-12(9)18-8-11(24-14(18)20)7-15(2,13(19)17-21)25(3,22)23/h4-6,11,21H,7-8H2,1-3H3,(H,17,19)/t11-,15+/m0/s1.